The molecule has 1 atom stereocenters. The Labute approximate surface area is 95.0 Å². The van der Waals surface area contributed by atoms with Gasteiger partial charge in [-0.1, -0.05) is 0 Å². The molecule has 7 heteroatoms. The Balaban J connectivity index is 4.32. The maximum Gasteiger partial charge on any atom is 0.322 e. The first kappa shape index (κ1) is 14.9. The van der Waals surface area contributed by atoms with Crippen LogP contribution in [0.2, 0.25) is 0 Å². The van der Waals surface area contributed by atoms with E-state index in [1.54, 1.807) is 6.92 Å². The van der Waals surface area contributed by atoms with Crippen molar-refractivity contribution in [2.45, 2.75) is 19.4 Å². The lowest BCUT2D eigenvalue weighted by Crippen LogP contribution is -2.42. The standard InChI is InChI=1S/C9H15NO5S/c1-3-5-8(9(11)12)10-16(13,14)7-6-15-4-2/h1,8,10H,4-7H2,2H3,(H,11,12). The number of carboxylic acids is 1. The van der Waals surface area contributed by atoms with Crippen LogP contribution in [0, 0.1) is 12.3 Å². The van der Waals surface area contributed by atoms with Crippen LogP contribution in [-0.4, -0.2) is 44.5 Å². The predicted octanol–water partition coefficient (Wildman–Crippen LogP) is -0.581. The van der Waals surface area contributed by atoms with E-state index < -0.39 is 22.0 Å². The number of carbonyl (C=O) groups is 1. The lowest BCUT2D eigenvalue weighted by atomic mass is 10.2. The van der Waals surface area contributed by atoms with Gasteiger partial charge in [0.1, 0.15) is 6.04 Å². The zero-order valence-electron chi connectivity index (χ0n) is 8.97. The van der Waals surface area contributed by atoms with Gasteiger partial charge in [-0.15, -0.1) is 12.3 Å². The van der Waals surface area contributed by atoms with Crippen LogP contribution in [0.4, 0.5) is 0 Å². The van der Waals surface area contributed by atoms with E-state index in [4.69, 9.17) is 16.3 Å². The molecule has 0 aliphatic rings. The first-order chi connectivity index (χ1) is 7.43. The molecule has 0 spiro atoms. The van der Waals surface area contributed by atoms with Crippen molar-refractivity contribution in [2.75, 3.05) is 19.0 Å². The number of nitrogens with one attached hydrogen (secondary N) is 1. The smallest absolute Gasteiger partial charge is 0.322 e. The molecule has 2 N–H and O–H groups in total. The van der Waals surface area contributed by atoms with Gasteiger partial charge in [-0.05, 0) is 6.92 Å². The van der Waals surface area contributed by atoms with Crippen LogP contribution in [0.1, 0.15) is 13.3 Å². The van der Waals surface area contributed by atoms with Crippen LogP contribution < -0.4 is 4.72 Å². The summed E-state index contributed by atoms with van der Waals surface area (Å²) >= 11 is 0. The van der Waals surface area contributed by atoms with Crippen molar-refractivity contribution in [3.63, 3.8) is 0 Å². The Bertz CT molecular complexity index is 357. The number of carboxylic acid groups (broad SMARTS) is 1. The average Bonchev–Trinajstić information content (AvgIpc) is 2.17. The maximum atomic E-state index is 11.4. The highest BCUT2D eigenvalue weighted by atomic mass is 32.2. The summed E-state index contributed by atoms with van der Waals surface area (Å²) in [5, 5.41) is 8.69. The van der Waals surface area contributed by atoms with E-state index in [1.165, 1.54) is 0 Å². The van der Waals surface area contributed by atoms with Gasteiger partial charge in [-0.2, -0.15) is 4.72 Å². The van der Waals surface area contributed by atoms with Crippen LogP contribution in [0.5, 0.6) is 0 Å². The average molecular weight is 249 g/mol. The second-order valence-electron chi connectivity index (χ2n) is 2.93. The molecule has 0 heterocycles. The third-order valence-electron chi connectivity index (χ3n) is 1.64. The van der Waals surface area contributed by atoms with Gasteiger partial charge in [0.15, 0.2) is 0 Å². The van der Waals surface area contributed by atoms with Crippen molar-refractivity contribution in [1.29, 1.82) is 0 Å². The monoisotopic (exact) mass is 249 g/mol. The highest BCUT2D eigenvalue weighted by Crippen LogP contribution is 1.96. The second-order valence-corrected chi connectivity index (χ2v) is 4.81. The molecule has 0 amide bonds. The van der Waals surface area contributed by atoms with Gasteiger partial charge in [0.2, 0.25) is 10.0 Å². The third-order valence-corrected chi connectivity index (χ3v) is 2.99. The van der Waals surface area contributed by atoms with Gasteiger partial charge >= 0.3 is 5.97 Å². The van der Waals surface area contributed by atoms with Crippen LogP contribution in [-0.2, 0) is 19.6 Å². The number of hydrogen-bond donors (Lipinski definition) is 2. The zero-order chi connectivity index (χ0) is 12.6. The quantitative estimate of drug-likeness (QED) is 0.443. The normalized spacial score (nSPS) is 13.0. The first-order valence-electron chi connectivity index (χ1n) is 4.67. The Kier molecular flexibility index (Phi) is 6.72. The lowest BCUT2D eigenvalue weighted by molar-refractivity contribution is -0.138. The number of ether oxygens (including phenoxy) is 1. The van der Waals surface area contributed by atoms with Crippen LogP contribution in [0.15, 0.2) is 0 Å². The zero-order valence-corrected chi connectivity index (χ0v) is 9.79. The van der Waals surface area contributed by atoms with Crippen molar-refractivity contribution < 1.29 is 23.1 Å². The second kappa shape index (κ2) is 7.22. The van der Waals surface area contributed by atoms with Gasteiger partial charge in [0.05, 0.1) is 12.4 Å². The van der Waals surface area contributed by atoms with E-state index in [-0.39, 0.29) is 18.8 Å². The summed E-state index contributed by atoms with van der Waals surface area (Å²) in [6, 6.07) is -1.28. The van der Waals surface area contributed by atoms with Gasteiger partial charge in [-0.3, -0.25) is 4.79 Å². The minimum absolute atomic E-state index is 0.0220. The fraction of sp³-hybridized carbons (Fsp3) is 0.667. The molecule has 0 aliphatic heterocycles. The summed E-state index contributed by atoms with van der Waals surface area (Å²) in [5.74, 6) is 0.524. The molecule has 0 aromatic heterocycles. The third kappa shape index (κ3) is 6.40. The number of aliphatic carboxylic acids is 1. The number of hydrogen-bond acceptors (Lipinski definition) is 4. The van der Waals surface area contributed by atoms with Gasteiger partial charge in [0.25, 0.3) is 0 Å². The fourth-order valence-electron chi connectivity index (χ4n) is 0.886. The van der Waals surface area contributed by atoms with E-state index in [2.05, 4.69) is 5.92 Å². The van der Waals surface area contributed by atoms with Crippen molar-refractivity contribution >= 4 is 16.0 Å². The van der Waals surface area contributed by atoms with Crippen molar-refractivity contribution in [3.05, 3.63) is 0 Å². The summed E-state index contributed by atoms with van der Waals surface area (Å²) < 4.78 is 29.6. The number of rotatable bonds is 8. The maximum absolute atomic E-state index is 11.4. The summed E-state index contributed by atoms with van der Waals surface area (Å²) in [7, 11) is -3.67. The molecule has 0 aromatic rings. The largest absolute Gasteiger partial charge is 0.480 e. The highest BCUT2D eigenvalue weighted by Gasteiger charge is 2.22. The molecule has 0 rings (SSSR count). The predicted molar refractivity (Wildman–Crippen MR) is 58.3 cm³/mol. The van der Waals surface area contributed by atoms with Crippen molar-refractivity contribution in [2.24, 2.45) is 0 Å². The number of sulfonamides is 1. The minimum Gasteiger partial charge on any atom is -0.480 e. The SMILES string of the molecule is C#CCC(NS(=O)(=O)CCOCC)C(=O)O. The number of terminal acetylenes is 1. The first-order valence-corrected chi connectivity index (χ1v) is 6.32. The summed E-state index contributed by atoms with van der Waals surface area (Å²) in [5.41, 5.74) is 0. The van der Waals surface area contributed by atoms with Crippen molar-refractivity contribution in [3.8, 4) is 12.3 Å². The molecule has 0 saturated heterocycles. The van der Waals surface area contributed by atoms with Gasteiger partial charge in [-0.25, -0.2) is 8.42 Å². The van der Waals surface area contributed by atoms with E-state index >= 15 is 0 Å². The molecule has 0 radical (unpaired) electrons. The Morgan fingerprint density at radius 1 is 1.62 bits per heavy atom. The van der Waals surface area contributed by atoms with E-state index in [9.17, 15) is 13.2 Å². The van der Waals surface area contributed by atoms with E-state index in [1.807, 2.05) is 4.72 Å². The van der Waals surface area contributed by atoms with E-state index in [0.29, 0.717) is 6.61 Å². The molecule has 0 aliphatic carbocycles. The minimum atomic E-state index is -3.67. The molecule has 92 valence electrons. The summed E-state index contributed by atoms with van der Waals surface area (Å²) in [6.45, 7) is 2.16. The molecule has 1 unspecified atom stereocenters. The molecule has 6 nitrogen and oxygen atoms in total. The van der Waals surface area contributed by atoms with Gasteiger partial charge < -0.3 is 9.84 Å². The van der Waals surface area contributed by atoms with E-state index in [0.717, 1.165) is 0 Å². The molecule has 0 saturated carbocycles. The van der Waals surface area contributed by atoms with Crippen LogP contribution >= 0.6 is 0 Å². The Morgan fingerprint density at radius 3 is 2.69 bits per heavy atom. The Hall–Kier alpha value is -1.10. The molecule has 0 bridgehead atoms. The Morgan fingerprint density at radius 2 is 2.25 bits per heavy atom. The topological polar surface area (TPSA) is 92.7 Å². The summed E-state index contributed by atoms with van der Waals surface area (Å²) in [4.78, 5) is 10.6. The molecule has 0 fully saturated rings. The molecular weight excluding hydrogens is 234 g/mol. The van der Waals surface area contributed by atoms with Crippen LogP contribution in [0.3, 0.4) is 0 Å². The highest BCUT2D eigenvalue weighted by molar-refractivity contribution is 7.89. The summed E-state index contributed by atoms with van der Waals surface area (Å²) in [6.07, 6.45) is 4.74. The molecule has 0 aromatic carbocycles. The molecular formula is C9H15NO5S. The van der Waals surface area contributed by atoms with Gasteiger partial charge in [0, 0.05) is 13.0 Å². The van der Waals surface area contributed by atoms with Crippen LogP contribution in [0.25, 0.3) is 0 Å². The van der Waals surface area contributed by atoms with Crippen molar-refractivity contribution in [1.82, 2.24) is 4.72 Å². The fourth-order valence-corrected chi connectivity index (χ4v) is 1.96. The lowest BCUT2D eigenvalue weighted by Gasteiger charge is -2.12. The molecule has 16 heavy (non-hydrogen) atoms.